The maximum absolute atomic E-state index is 13.1. The molecule has 1 saturated carbocycles. The molecule has 0 heterocycles. The molecule has 2 rings (SSSR count). The molecule has 0 aliphatic heterocycles. The van der Waals surface area contributed by atoms with Crippen LogP contribution >= 0.6 is 15.9 Å². The fraction of sp³-hybridized carbons (Fsp3) is 0.562. The Morgan fingerprint density at radius 2 is 2.00 bits per heavy atom. The third-order valence-electron chi connectivity index (χ3n) is 3.95. The first-order chi connectivity index (χ1) is 9.15. The van der Waals surface area contributed by atoms with Gasteiger partial charge in [0, 0.05) is 17.3 Å². The van der Waals surface area contributed by atoms with Crippen molar-refractivity contribution in [3.05, 3.63) is 34.1 Å². The second kappa shape index (κ2) is 7.18. The molecule has 1 fully saturated rings. The maximum atomic E-state index is 13.1. The fourth-order valence-electron chi connectivity index (χ4n) is 2.82. The van der Waals surface area contributed by atoms with Crippen LogP contribution in [-0.4, -0.2) is 5.78 Å². The molecule has 0 atom stereocenters. The molecular formula is C16H20BrFO. The summed E-state index contributed by atoms with van der Waals surface area (Å²) in [6, 6.07) is 4.52. The van der Waals surface area contributed by atoms with E-state index in [0.717, 1.165) is 22.4 Å². The van der Waals surface area contributed by atoms with Crippen LogP contribution in [0, 0.1) is 11.7 Å². The summed E-state index contributed by atoms with van der Waals surface area (Å²) in [6.07, 6.45) is 8.50. The molecule has 1 aromatic rings. The van der Waals surface area contributed by atoms with Gasteiger partial charge in [-0.2, -0.15) is 0 Å². The largest absolute Gasteiger partial charge is 0.299 e. The van der Waals surface area contributed by atoms with Crippen LogP contribution in [-0.2, 0) is 11.2 Å². The molecule has 0 spiro atoms. The van der Waals surface area contributed by atoms with Gasteiger partial charge in [-0.05, 0) is 36.1 Å². The normalized spacial score (nSPS) is 16.5. The van der Waals surface area contributed by atoms with Gasteiger partial charge in [0.15, 0.2) is 0 Å². The van der Waals surface area contributed by atoms with Crippen LogP contribution in [0.2, 0.25) is 0 Å². The molecule has 19 heavy (non-hydrogen) atoms. The van der Waals surface area contributed by atoms with Crippen molar-refractivity contribution in [1.29, 1.82) is 0 Å². The van der Waals surface area contributed by atoms with E-state index in [0.29, 0.717) is 12.8 Å². The molecule has 0 aromatic heterocycles. The summed E-state index contributed by atoms with van der Waals surface area (Å²) in [5, 5.41) is 0. The van der Waals surface area contributed by atoms with Crippen molar-refractivity contribution in [2.24, 2.45) is 5.92 Å². The topological polar surface area (TPSA) is 17.1 Å². The summed E-state index contributed by atoms with van der Waals surface area (Å²) in [5.74, 6) is 0.670. The van der Waals surface area contributed by atoms with E-state index in [1.165, 1.54) is 44.2 Å². The number of benzene rings is 1. The van der Waals surface area contributed by atoms with E-state index < -0.39 is 0 Å². The number of halogens is 2. The summed E-state index contributed by atoms with van der Waals surface area (Å²) in [6.45, 7) is 0. The third-order valence-corrected chi connectivity index (χ3v) is 4.73. The summed E-state index contributed by atoms with van der Waals surface area (Å²) in [7, 11) is 0. The Kier molecular flexibility index (Phi) is 5.56. The van der Waals surface area contributed by atoms with Crippen LogP contribution < -0.4 is 0 Å². The van der Waals surface area contributed by atoms with Gasteiger partial charge in [0.25, 0.3) is 0 Å². The second-order valence-electron chi connectivity index (χ2n) is 5.49. The quantitative estimate of drug-likeness (QED) is 0.739. The predicted molar refractivity (Wildman–Crippen MR) is 78.6 cm³/mol. The molecule has 0 amide bonds. The Balaban J connectivity index is 1.81. The van der Waals surface area contributed by atoms with E-state index >= 15 is 0 Å². The van der Waals surface area contributed by atoms with Gasteiger partial charge >= 0.3 is 0 Å². The SMILES string of the molecule is O=C(CCC1CCCCC1)Cc1cc(F)ccc1Br. The third kappa shape index (κ3) is 4.72. The van der Waals surface area contributed by atoms with E-state index in [-0.39, 0.29) is 11.6 Å². The van der Waals surface area contributed by atoms with Crippen molar-refractivity contribution < 1.29 is 9.18 Å². The van der Waals surface area contributed by atoms with Gasteiger partial charge in [0.2, 0.25) is 0 Å². The van der Waals surface area contributed by atoms with Crippen molar-refractivity contribution >= 4 is 21.7 Å². The molecule has 1 aliphatic carbocycles. The lowest BCUT2D eigenvalue weighted by Gasteiger charge is -2.20. The summed E-state index contributed by atoms with van der Waals surface area (Å²) < 4.78 is 14.0. The lowest BCUT2D eigenvalue weighted by Crippen LogP contribution is -2.10. The number of carbonyl (C=O) groups excluding carboxylic acids is 1. The first kappa shape index (κ1) is 14.7. The van der Waals surface area contributed by atoms with Crippen molar-refractivity contribution in [2.75, 3.05) is 0 Å². The zero-order valence-corrected chi connectivity index (χ0v) is 12.7. The van der Waals surface area contributed by atoms with Crippen molar-refractivity contribution in [3.63, 3.8) is 0 Å². The smallest absolute Gasteiger partial charge is 0.137 e. The van der Waals surface area contributed by atoms with Crippen LogP contribution in [0.5, 0.6) is 0 Å². The van der Waals surface area contributed by atoms with Gasteiger partial charge in [-0.3, -0.25) is 4.79 Å². The number of carbonyl (C=O) groups is 1. The molecule has 1 nitrogen and oxygen atoms in total. The van der Waals surface area contributed by atoms with E-state index in [1.54, 1.807) is 6.07 Å². The molecule has 0 radical (unpaired) electrons. The number of rotatable bonds is 5. The fourth-order valence-corrected chi connectivity index (χ4v) is 3.21. The lowest BCUT2D eigenvalue weighted by atomic mass is 9.85. The zero-order chi connectivity index (χ0) is 13.7. The lowest BCUT2D eigenvalue weighted by molar-refractivity contribution is -0.118. The highest BCUT2D eigenvalue weighted by Crippen LogP contribution is 2.27. The maximum Gasteiger partial charge on any atom is 0.137 e. The minimum absolute atomic E-state index is 0.219. The Bertz CT molecular complexity index is 438. The molecule has 0 unspecified atom stereocenters. The van der Waals surface area contributed by atoms with Crippen molar-refractivity contribution in [1.82, 2.24) is 0 Å². The van der Waals surface area contributed by atoms with E-state index in [4.69, 9.17) is 0 Å². The van der Waals surface area contributed by atoms with Crippen molar-refractivity contribution in [3.8, 4) is 0 Å². The minimum atomic E-state index is -0.279. The first-order valence-corrected chi connectivity index (χ1v) is 7.90. The van der Waals surface area contributed by atoms with Crippen LogP contribution in [0.15, 0.2) is 22.7 Å². The number of hydrogen-bond acceptors (Lipinski definition) is 1. The van der Waals surface area contributed by atoms with E-state index in [2.05, 4.69) is 15.9 Å². The highest BCUT2D eigenvalue weighted by atomic mass is 79.9. The van der Waals surface area contributed by atoms with Crippen LogP contribution in [0.25, 0.3) is 0 Å². The minimum Gasteiger partial charge on any atom is -0.299 e. The highest BCUT2D eigenvalue weighted by molar-refractivity contribution is 9.10. The molecular weight excluding hydrogens is 307 g/mol. The Morgan fingerprint density at radius 1 is 1.26 bits per heavy atom. The van der Waals surface area contributed by atoms with Crippen LogP contribution in [0.1, 0.15) is 50.5 Å². The van der Waals surface area contributed by atoms with Crippen LogP contribution in [0.3, 0.4) is 0 Å². The molecule has 1 aliphatic rings. The molecule has 104 valence electrons. The molecule has 3 heteroatoms. The summed E-state index contributed by atoms with van der Waals surface area (Å²) in [5.41, 5.74) is 0.758. The highest BCUT2D eigenvalue weighted by Gasteiger charge is 2.15. The average molecular weight is 327 g/mol. The average Bonchev–Trinajstić information content (AvgIpc) is 2.42. The molecule has 1 aromatic carbocycles. The summed E-state index contributed by atoms with van der Waals surface area (Å²) in [4.78, 5) is 12.0. The van der Waals surface area contributed by atoms with Crippen molar-refractivity contribution in [2.45, 2.75) is 51.4 Å². The predicted octanol–water partition coefficient (Wildman–Crippen LogP) is 5.06. The first-order valence-electron chi connectivity index (χ1n) is 7.11. The number of ketones is 1. The Hall–Kier alpha value is -0.700. The second-order valence-corrected chi connectivity index (χ2v) is 6.35. The van der Waals surface area contributed by atoms with E-state index in [9.17, 15) is 9.18 Å². The molecule has 0 N–H and O–H groups in total. The van der Waals surface area contributed by atoms with Gasteiger partial charge in [-0.1, -0.05) is 48.0 Å². The summed E-state index contributed by atoms with van der Waals surface area (Å²) >= 11 is 3.37. The molecule has 0 bridgehead atoms. The van der Waals surface area contributed by atoms with E-state index in [1.807, 2.05) is 0 Å². The van der Waals surface area contributed by atoms with Gasteiger partial charge in [-0.25, -0.2) is 4.39 Å². The number of hydrogen-bond donors (Lipinski definition) is 0. The van der Waals surface area contributed by atoms with Gasteiger partial charge in [0.05, 0.1) is 0 Å². The van der Waals surface area contributed by atoms with Crippen LogP contribution in [0.4, 0.5) is 4.39 Å². The number of Topliss-reactive ketones (excluding diaryl/α,β-unsaturated/α-hetero) is 1. The standard InChI is InChI=1S/C16H20BrFO/c17-16-9-7-14(18)10-13(16)11-15(19)8-6-12-4-2-1-3-5-12/h7,9-10,12H,1-6,8,11H2. The van der Waals surface area contributed by atoms with Gasteiger partial charge in [0.1, 0.15) is 11.6 Å². The molecule has 0 saturated heterocycles. The monoisotopic (exact) mass is 326 g/mol. The van der Waals surface area contributed by atoms with Gasteiger partial charge in [-0.15, -0.1) is 0 Å². The zero-order valence-electron chi connectivity index (χ0n) is 11.1. The van der Waals surface area contributed by atoms with Gasteiger partial charge < -0.3 is 0 Å². The Labute approximate surface area is 122 Å². The Morgan fingerprint density at radius 3 is 2.74 bits per heavy atom.